The van der Waals surface area contributed by atoms with Gasteiger partial charge < -0.3 is 14.4 Å². The molecule has 0 fully saturated rings. The zero-order chi connectivity index (χ0) is 11.5. The fourth-order valence-electron chi connectivity index (χ4n) is 2.55. The second-order valence-corrected chi connectivity index (χ2v) is 4.44. The maximum absolute atomic E-state index is 9.93. The van der Waals surface area contributed by atoms with Gasteiger partial charge in [0.05, 0.1) is 12.7 Å². The number of aliphatic hydroxyl groups is 1. The molecule has 0 radical (unpaired) electrons. The molecule has 2 rings (SSSR count). The van der Waals surface area contributed by atoms with E-state index in [1.807, 2.05) is 6.92 Å². The first kappa shape index (κ1) is 11.7. The van der Waals surface area contributed by atoms with Crippen LogP contribution in [0.25, 0.3) is 0 Å². The highest BCUT2D eigenvalue weighted by Crippen LogP contribution is 2.31. The third-order valence-electron chi connectivity index (χ3n) is 3.36. The van der Waals surface area contributed by atoms with Crippen molar-refractivity contribution >= 4 is 0 Å². The molecule has 1 aromatic heterocycles. The van der Waals surface area contributed by atoms with Gasteiger partial charge in [0.1, 0.15) is 0 Å². The number of ether oxygens (including phenoxy) is 1. The molecule has 0 bridgehead atoms. The summed E-state index contributed by atoms with van der Waals surface area (Å²) in [7, 11) is 0. The molecule has 0 amide bonds. The summed E-state index contributed by atoms with van der Waals surface area (Å²) in [5.41, 5.74) is 3.70. The first-order chi connectivity index (χ1) is 7.74. The van der Waals surface area contributed by atoms with Crippen molar-refractivity contribution in [2.75, 3.05) is 13.2 Å². The van der Waals surface area contributed by atoms with Crippen LogP contribution in [0.15, 0.2) is 6.07 Å². The SMILES string of the molecule is CCOCCn1c(C)cc2c1CCCC2O. The Balaban J connectivity index is 2.17. The van der Waals surface area contributed by atoms with Crippen molar-refractivity contribution in [2.24, 2.45) is 0 Å². The molecule has 1 heterocycles. The van der Waals surface area contributed by atoms with Crippen LogP contribution in [0.3, 0.4) is 0 Å². The lowest BCUT2D eigenvalue weighted by molar-refractivity contribution is 0.135. The van der Waals surface area contributed by atoms with Gasteiger partial charge in [0.25, 0.3) is 0 Å². The van der Waals surface area contributed by atoms with Crippen LogP contribution in [0.1, 0.15) is 42.8 Å². The monoisotopic (exact) mass is 223 g/mol. The summed E-state index contributed by atoms with van der Waals surface area (Å²) in [6.07, 6.45) is 2.83. The molecular formula is C13H21NO2. The number of aromatic nitrogens is 1. The molecule has 1 unspecified atom stereocenters. The average molecular weight is 223 g/mol. The van der Waals surface area contributed by atoms with Gasteiger partial charge in [0, 0.05) is 30.1 Å². The molecule has 0 aliphatic heterocycles. The first-order valence-corrected chi connectivity index (χ1v) is 6.18. The summed E-state index contributed by atoms with van der Waals surface area (Å²) in [4.78, 5) is 0. The van der Waals surface area contributed by atoms with Crippen LogP contribution in [0, 0.1) is 6.92 Å². The summed E-state index contributed by atoms with van der Waals surface area (Å²) in [5.74, 6) is 0. The third kappa shape index (κ3) is 2.15. The lowest BCUT2D eigenvalue weighted by Crippen LogP contribution is -2.15. The Bertz CT molecular complexity index is 357. The standard InChI is InChI=1S/C13H21NO2/c1-3-16-8-7-14-10(2)9-11-12(14)5-4-6-13(11)15/h9,13,15H,3-8H2,1-2H3. The highest BCUT2D eigenvalue weighted by atomic mass is 16.5. The third-order valence-corrected chi connectivity index (χ3v) is 3.36. The smallest absolute Gasteiger partial charge is 0.0807 e. The highest BCUT2D eigenvalue weighted by molar-refractivity contribution is 5.31. The molecule has 0 spiro atoms. The Morgan fingerprint density at radius 3 is 3.12 bits per heavy atom. The predicted molar refractivity (Wildman–Crippen MR) is 63.6 cm³/mol. The number of fused-ring (bicyclic) bond motifs is 1. The van der Waals surface area contributed by atoms with E-state index in [-0.39, 0.29) is 6.10 Å². The van der Waals surface area contributed by atoms with Gasteiger partial charge >= 0.3 is 0 Å². The molecule has 3 nitrogen and oxygen atoms in total. The van der Waals surface area contributed by atoms with Crippen molar-refractivity contribution in [2.45, 2.75) is 45.8 Å². The van der Waals surface area contributed by atoms with Crippen molar-refractivity contribution in [1.29, 1.82) is 0 Å². The molecule has 1 N–H and O–H groups in total. The van der Waals surface area contributed by atoms with Crippen molar-refractivity contribution in [1.82, 2.24) is 4.57 Å². The molecule has 0 saturated carbocycles. The predicted octanol–water partition coefficient (Wildman–Crippen LogP) is 2.20. The second kappa shape index (κ2) is 5.02. The van der Waals surface area contributed by atoms with Crippen LogP contribution >= 0.6 is 0 Å². The maximum atomic E-state index is 9.93. The number of aliphatic hydroxyl groups excluding tert-OH is 1. The van der Waals surface area contributed by atoms with E-state index in [4.69, 9.17) is 4.74 Å². The fourth-order valence-corrected chi connectivity index (χ4v) is 2.55. The van der Waals surface area contributed by atoms with E-state index in [1.165, 1.54) is 11.4 Å². The molecule has 90 valence electrons. The Kier molecular flexibility index (Phi) is 3.66. The summed E-state index contributed by atoms with van der Waals surface area (Å²) >= 11 is 0. The van der Waals surface area contributed by atoms with Crippen LogP contribution in [-0.4, -0.2) is 22.9 Å². The molecule has 0 saturated heterocycles. The normalized spacial score (nSPS) is 19.8. The molecule has 3 heteroatoms. The van der Waals surface area contributed by atoms with E-state index in [2.05, 4.69) is 17.6 Å². The van der Waals surface area contributed by atoms with Crippen molar-refractivity contribution < 1.29 is 9.84 Å². The zero-order valence-electron chi connectivity index (χ0n) is 10.2. The Morgan fingerprint density at radius 2 is 2.38 bits per heavy atom. The van der Waals surface area contributed by atoms with Crippen molar-refractivity contribution in [3.63, 3.8) is 0 Å². The van der Waals surface area contributed by atoms with Crippen LogP contribution in [0.5, 0.6) is 0 Å². The number of hydrogen-bond acceptors (Lipinski definition) is 2. The van der Waals surface area contributed by atoms with Gasteiger partial charge in [-0.05, 0) is 39.2 Å². The Hall–Kier alpha value is -0.800. The van der Waals surface area contributed by atoms with Gasteiger partial charge in [-0.25, -0.2) is 0 Å². The number of nitrogens with zero attached hydrogens (tertiary/aromatic N) is 1. The summed E-state index contributed by atoms with van der Waals surface area (Å²) in [6, 6.07) is 2.13. The summed E-state index contributed by atoms with van der Waals surface area (Å²) in [6.45, 7) is 6.56. The van der Waals surface area contributed by atoms with E-state index in [0.29, 0.717) is 0 Å². The largest absolute Gasteiger partial charge is 0.388 e. The molecular weight excluding hydrogens is 202 g/mol. The van der Waals surface area contributed by atoms with Gasteiger partial charge in [-0.2, -0.15) is 0 Å². The van der Waals surface area contributed by atoms with E-state index < -0.39 is 0 Å². The van der Waals surface area contributed by atoms with E-state index >= 15 is 0 Å². The maximum Gasteiger partial charge on any atom is 0.0807 e. The Morgan fingerprint density at radius 1 is 1.56 bits per heavy atom. The van der Waals surface area contributed by atoms with Crippen molar-refractivity contribution in [3.8, 4) is 0 Å². The lowest BCUT2D eigenvalue weighted by atomic mass is 9.95. The molecule has 1 atom stereocenters. The minimum absolute atomic E-state index is 0.254. The zero-order valence-corrected chi connectivity index (χ0v) is 10.2. The van der Waals surface area contributed by atoms with Crippen LogP contribution in [-0.2, 0) is 17.7 Å². The Labute approximate surface area is 97.0 Å². The number of aryl methyl sites for hydroxylation is 1. The molecule has 16 heavy (non-hydrogen) atoms. The minimum atomic E-state index is -0.254. The molecule has 1 aliphatic carbocycles. The second-order valence-electron chi connectivity index (χ2n) is 4.44. The van der Waals surface area contributed by atoms with Crippen LogP contribution in [0.2, 0.25) is 0 Å². The molecule has 0 aromatic carbocycles. The topological polar surface area (TPSA) is 34.4 Å². The van der Waals surface area contributed by atoms with Gasteiger partial charge in [0.15, 0.2) is 0 Å². The summed E-state index contributed by atoms with van der Waals surface area (Å²) in [5, 5.41) is 9.93. The highest BCUT2D eigenvalue weighted by Gasteiger charge is 2.22. The minimum Gasteiger partial charge on any atom is -0.388 e. The quantitative estimate of drug-likeness (QED) is 0.794. The average Bonchev–Trinajstić information content (AvgIpc) is 2.58. The van der Waals surface area contributed by atoms with Gasteiger partial charge in [-0.3, -0.25) is 0 Å². The molecule has 1 aliphatic rings. The van der Waals surface area contributed by atoms with Crippen molar-refractivity contribution in [3.05, 3.63) is 23.0 Å². The number of rotatable bonds is 4. The van der Waals surface area contributed by atoms with Gasteiger partial charge in [0.2, 0.25) is 0 Å². The van der Waals surface area contributed by atoms with E-state index in [9.17, 15) is 5.11 Å². The molecule has 1 aromatic rings. The van der Waals surface area contributed by atoms with E-state index in [1.54, 1.807) is 0 Å². The summed E-state index contributed by atoms with van der Waals surface area (Å²) < 4.78 is 7.70. The first-order valence-electron chi connectivity index (χ1n) is 6.18. The van der Waals surface area contributed by atoms with Crippen LogP contribution in [0.4, 0.5) is 0 Å². The van der Waals surface area contributed by atoms with E-state index in [0.717, 1.165) is 44.6 Å². The van der Waals surface area contributed by atoms with Crippen LogP contribution < -0.4 is 0 Å². The van der Waals surface area contributed by atoms with Gasteiger partial charge in [-0.1, -0.05) is 0 Å². The lowest BCUT2D eigenvalue weighted by Gasteiger charge is -2.20. The fraction of sp³-hybridized carbons (Fsp3) is 0.692. The number of hydrogen-bond donors (Lipinski definition) is 1. The van der Waals surface area contributed by atoms with Gasteiger partial charge in [-0.15, -0.1) is 0 Å².